The summed E-state index contributed by atoms with van der Waals surface area (Å²) in [4.78, 5) is 10.7. The lowest BCUT2D eigenvalue weighted by atomic mass is 10.4. The summed E-state index contributed by atoms with van der Waals surface area (Å²) in [6.07, 6.45) is 0. The van der Waals surface area contributed by atoms with Crippen LogP contribution in [-0.4, -0.2) is 0 Å². The first-order valence-electron chi connectivity index (χ1n) is 2.65. The fraction of sp³-hybridized carbons (Fsp3) is 0.167. The normalized spacial score (nSPS) is 10.3. The highest BCUT2D eigenvalue weighted by molar-refractivity contribution is 7.30. The molecule has 2 N–H and O–H groups in total. The molecular weight excluding hydrogens is 133 g/mol. The first-order chi connectivity index (χ1) is 4.20. The molecule has 2 nitrogen and oxygen atoms in total. The van der Waals surface area contributed by atoms with Crippen molar-refractivity contribution in [2.45, 2.75) is 6.92 Å². The van der Waals surface area contributed by atoms with Gasteiger partial charge in [0.15, 0.2) is 0 Å². The summed E-state index contributed by atoms with van der Waals surface area (Å²) in [6.45, 7) is 1.93. The van der Waals surface area contributed by atoms with E-state index >= 15 is 0 Å². The highest BCUT2D eigenvalue weighted by Crippen LogP contribution is 2.11. The Morgan fingerprint density at radius 3 is 2.78 bits per heavy atom. The second-order valence-corrected chi connectivity index (χ2v) is 3.30. The van der Waals surface area contributed by atoms with E-state index in [2.05, 4.69) is 0 Å². The van der Waals surface area contributed by atoms with Crippen molar-refractivity contribution in [2.24, 2.45) is 0 Å². The van der Waals surface area contributed by atoms with Crippen molar-refractivity contribution in [3.63, 3.8) is 0 Å². The predicted molar refractivity (Wildman–Crippen MR) is 41.4 cm³/mol. The molecule has 9 heavy (non-hydrogen) atoms. The molecule has 48 valence electrons. The number of nitrogen functional groups attached to an aromatic ring is 1. The van der Waals surface area contributed by atoms with Gasteiger partial charge in [-0.25, -0.2) is 0 Å². The second kappa shape index (κ2) is 2.24. The molecule has 0 aliphatic heterocycles. The lowest BCUT2D eigenvalue weighted by Gasteiger charge is -1.89. The van der Waals surface area contributed by atoms with Gasteiger partial charge < -0.3 is 5.73 Å². The topological polar surface area (TPSA) is 43.1 Å². The minimum Gasteiger partial charge on any atom is -0.395 e. The van der Waals surface area contributed by atoms with Crippen LogP contribution in [0.2, 0.25) is 0 Å². The number of hydrogen-bond donors (Lipinski definition) is 1. The second-order valence-electron chi connectivity index (χ2n) is 1.94. The summed E-state index contributed by atoms with van der Waals surface area (Å²) < 4.78 is 0. The standard InChI is InChI=1S/C6H8NOP/c1-4-2-6(8)5(7)3-9-4/h2-3,9H,7H2,1H3. The maximum absolute atomic E-state index is 10.7. The Labute approximate surface area is 54.8 Å². The van der Waals surface area contributed by atoms with Gasteiger partial charge in [-0.15, -0.1) is 8.19 Å². The van der Waals surface area contributed by atoms with Crippen LogP contribution in [0.5, 0.6) is 0 Å². The van der Waals surface area contributed by atoms with Crippen LogP contribution < -0.4 is 11.2 Å². The predicted octanol–water partition coefficient (Wildman–Crippen LogP) is 0.969. The van der Waals surface area contributed by atoms with E-state index in [-0.39, 0.29) is 5.43 Å². The lowest BCUT2D eigenvalue weighted by molar-refractivity contribution is 1.54. The zero-order valence-electron chi connectivity index (χ0n) is 5.14. The van der Waals surface area contributed by atoms with Crippen LogP contribution in [0.1, 0.15) is 5.30 Å². The molecule has 1 heterocycles. The monoisotopic (exact) mass is 141 g/mol. The molecule has 0 aliphatic carbocycles. The molecular formula is C6H8NOP. The van der Waals surface area contributed by atoms with Crippen molar-refractivity contribution >= 4 is 13.9 Å². The molecule has 1 atom stereocenters. The van der Waals surface area contributed by atoms with Gasteiger partial charge >= 0.3 is 0 Å². The first kappa shape index (κ1) is 6.37. The fourth-order valence-corrected chi connectivity index (χ4v) is 1.32. The molecule has 1 unspecified atom stereocenters. The third-order valence-electron chi connectivity index (χ3n) is 1.09. The van der Waals surface area contributed by atoms with Gasteiger partial charge in [-0.1, -0.05) is 0 Å². The van der Waals surface area contributed by atoms with E-state index in [1.165, 1.54) is 0 Å². The first-order valence-corrected chi connectivity index (χ1v) is 3.72. The zero-order chi connectivity index (χ0) is 6.85. The van der Waals surface area contributed by atoms with Gasteiger partial charge in [0.25, 0.3) is 0 Å². The van der Waals surface area contributed by atoms with Crippen LogP contribution in [0, 0.1) is 6.92 Å². The van der Waals surface area contributed by atoms with E-state index in [1.807, 2.05) is 6.92 Å². The minimum absolute atomic E-state index is 0.0498. The van der Waals surface area contributed by atoms with Crippen molar-refractivity contribution in [1.82, 2.24) is 0 Å². The quantitative estimate of drug-likeness (QED) is 0.585. The van der Waals surface area contributed by atoms with E-state index in [0.29, 0.717) is 13.9 Å². The summed E-state index contributed by atoms with van der Waals surface area (Å²) in [5, 5.41) is 1.11. The van der Waals surface area contributed by atoms with E-state index in [4.69, 9.17) is 5.73 Å². The van der Waals surface area contributed by atoms with Crippen LogP contribution in [0.4, 0.5) is 5.69 Å². The summed E-state index contributed by atoms with van der Waals surface area (Å²) >= 11 is 0. The molecule has 1 aromatic rings. The SMILES string of the molecule is Cc1cc(=O)c(N)c[pH]1. The maximum atomic E-state index is 10.7. The molecule has 1 aromatic heterocycles. The average molecular weight is 141 g/mol. The Kier molecular flexibility index (Phi) is 1.58. The molecule has 0 saturated heterocycles. The lowest BCUT2D eigenvalue weighted by Crippen LogP contribution is -2.04. The van der Waals surface area contributed by atoms with E-state index in [0.717, 1.165) is 5.30 Å². The molecule has 0 amide bonds. The van der Waals surface area contributed by atoms with Crippen LogP contribution in [0.15, 0.2) is 16.7 Å². The summed E-state index contributed by atoms with van der Waals surface area (Å²) in [5.41, 5.74) is 5.65. The van der Waals surface area contributed by atoms with Crippen LogP contribution in [-0.2, 0) is 0 Å². The third-order valence-corrected chi connectivity index (χ3v) is 2.14. The minimum atomic E-state index is -0.0498. The molecule has 0 aliphatic rings. The zero-order valence-corrected chi connectivity index (χ0v) is 6.14. The van der Waals surface area contributed by atoms with Crippen molar-refractivity contribution in [1.29, 1.82) is 0 Å². The van der Waals surface area contributed by atoms with Crippen LogP contribution in [0.25, 0.3) is 0 Å². The molecule has 0 saturated carbocycles. The van der Waals surface area contributed by atoms with Gasteiger partial charge in [0.05, 0.1) is 5.69 Å². The number of rotatable bonds is 0. The van der Waals surface area contributed by atoms with Gasteiger partial charge in [0, 0.05) is 0 Å². The molecule has 0 radical (unpaired) electrons. The number of aryl methyl sites for hydroxylation is 1. The van der Waals surface area contributed by atoms with Crippen molar-refractivity contribution < 1.29 is 0 Å². The smallest absolute Gasteiger partial charge is 0.202 e. The van der Waals surface area contributed by atoms with Gasteiger partial charge in [-0.3, -0.25) is 4.79 Å². The van der Waals surface area contributed by atoms with E-state index in [9.17, 15) is 4.79 Å². The number of anilines is 1. The molecule has 3 heteroatoms. The number of hydrogen-bond acceptors (Lipinski definition) is 2. The highest BCUT2D eigenvalue weighted by atomic mass is 31.0. The third kappa shape index (κ3) is 1.33. The van der Waals surface area contributed by atoms with Crippen molar-refractivity contribution in [3.8, 4) is 0 Å². The molecule has 0 aromatic carbocycles. The van der Waals surface area contributed by atoms with Gasteiger partial charge in [-0.05, 0) is 24.1 Å². The fourth-order valence-electron chi connectivity index (χ4n) is 0.584. The largest absolute Gasteiger partial charge is 0.395 e. The van der Waals surface area contributed by atoms with E-state index in [1.54, 1.807) is 11.9 Å². The Balaban J connectivity index is 3.34. The Hall–Kier alpha value is -0.750. The Morgan fingerprint density at radius 2 is 2.33 bits per heavy atom. The Bertz CT molecular complexity index is 266. The molecule has 0 bridgehead atoms. The summed E-state index contributed by atoms with van der Waals surface area (Å²) in [7, 11) is 0.595. The molecule has 1 rings (SSSR count). The molecule has 0 fully saturated rings. The molecule has 0 spiro atoms. The van der Waals surface area contributed by atoms with Gasteiger partial charge in [0.2, 0.25) is 5.43 Å². The van der Waals surface area contributed by atoms with Crippen molar-refractivity contribution in [2.75, 3.05) is 5.73 Å². The Morgan fingerprint density at radius 1 is 1.67 bits per heavy atom. The van der Waals surface area contributed by atoms with E-state index < -0.39 is 0 Å². The maximum Gasteiger partial charge on any atom is 0.202 e. The van der Waals surface area contributed by atoms with Crippen LogP contribution >= 0.6 is 8.19 Å². The number of nitrogens with two attached hydrogens (primary N) is 1. The average Bonchev–Trinajstić information content (AvgIpc) is 1.80. The van der Waals surface area contributed by atoms with Crippen LogP contribution in [0.3, 0.4) is 0 Å². The summed E-state index contributed by atoms with van der Waals surface area (Å²) in [6, 6.07) is 1.59. The highest BCUT2D eigenvalue weighted by Gasteiger charge is 1.89. The van der Waals surface area contributed by atoms with Gasteiger partial charge in [-0.2, -0.15) is 0 Å². The van der Waals surface area contributed by atoms with Gasteiger partial charge in [0.1, 0.15) is 0 Å². The van der Waals surface area contributed by atoms with Crippen molar-refractivity contribution in [3.05, 3.63) is 27.4 Å². The summed E-state index contributed by atoms with van der Waals surface area (Å²) in [5.74, 6) is 1.78.